The van der Waals surface area contributed by atoms with Crippen molar-refractivity contribution in [2.45, 2.75) is 144 Å². The third kappa shape index (κ3) is 10.8. The molecule has 0 aliphatic carbocycles. The minimum absolute atomic E-state index is 0.0279. The number of aromatic nitrogens is 2. The molecule has 4 rings (SSSR count). The molecule has 3 aliphatic heterocycles. The molecular weight excluding hydrogens is 574 g/mol. The summed E-state index contributed by atoms with van der Waals surface area (Å²) in [6.07, 6.45) is 8.75. The highest BCUT2D eigenvalue weighted by molar-refractivity contribution is 5.14. The van der Waals surface area contributed by atoms with Gasteiger partial charge in [0.2, 0.25) is 5.88 Å². The van der Waals surface area contributed by atoms with Crippen LogP contribution in [0, 0.1) is 17.3 Å². The number of ether oxygens (including phenoxy) is 3. The highest BCUT2D eigenvalue weighted by Gasteiger charge is 2.48. The van der Waals surface area contributed by atoms with Crippen molar-refractivity contribution in [3.63, 3.8) is 0 Å². The minimum atomic E-state index is -0.133. The summed E-state index contributed by atoms with van der Waals surface area (Å²) in [5.74, 6) is 1.88. The van der Waals surface area contributed by atoms with E-state index in [2.05, 4.69) is 108 Å². The molecule has 3 fully saturated rings. The summed E-state index contributed by atoms with van der Waals surface area (Å²) in [6.45, 7) is 35.4. The van der Waals surface area contributed by atoms with Crippen molar-refractivity contribution in [3.05, 3.63) is 18.1 Å². The van der Waals surface area contributed by atoms with Crippen molar-refractivity contribution >= 4 is 0 Å². The van der Waals surface area contributed by atoms with E-state index in [1.54, 1.807) is 6.20 Å². The van der Waals surface area contributed by atoms with Gasteiger partial charge in [-0.1, -0.05) is 41.5 Å². The van der Waals surface area contributed by atoms with Crippen LogP contribution in [-0.4, -0.2) is 113 Å². The molecule has 264 valence electrons. The summed E-state index contributed by atoms with van der Waals surface area (Å²) < 4.78 is 18.9. The Morgan fingerprint density at radius 3 is 1.87 bits per heavy atom. The zero-order valence-electron chi connectivity index (χ0n) is 31.7. The van der Waals surface area contributed by atoms with Gasteiger partial charge in [-0.3, -0.25) is 14.8 Å². The first-order valence-electron chi connectivity index (χ1n) is 18.3. The monoisotopic (exact) mass is 644 g/mol. The van der Waals surface area contributed by atoms with E-state index in [-0.39, 0.29) is 16.6 Å². The van der Waals surface area contributed by atoms with Crippen LogP contribution in [0.2, 0.25) is 0 Å². The summed E-state index contributed by atoms with van der Waals surface area (Å²) in [4.78, 5) is 17.5. The number of likely N-dealkylation sites (tertiary alicyclic amines) is 3. The van der Waals surface area contributed by atoms with Crippen LogP contribution in [0.3, 0.4) is 0 Å². The van der Waals surface area contributed by atoms with E-state index in [1.165, 1.54) is 38.8 Å². The second kappa shape index (κ2) is 15.1. The predicted octanol–water partition coefficient (Wildman–Crippen LogP) is 6.67. The molecule has 3 saturated heterocycles. The standard InChI is InChI=1S/C38H69N5O3/c1-35(2,3)29-13-16-41(17-14-29)30-15-18-42(19-21-45-37(7,8)9)31(23-30)34-28(26-43(34)20-22-46-38(10,11)12)27-44-33-25-39-32(24-40-33)36(4,5)6/h24-25,28-31,34H,13-23,26-27H2,1-12H3. The molecule has 8 heteroatoms. The average molecular weight is 644 g/mol. The van der Waals surface area contributed by atoms with Gasteiger partial charge >= 0.3 is 0 Å². The normalized spacial score (nSPS) is 26.7. The van der Waals surface area contributed by atoms with Crippen LogP contribution in [0.25, 0.3) is 0 Å². The Balaban J connectivity index is 1.50. The van der Waals surface area contributed by atoms with Crippen molar-refractivity contribution in [2.24, 2.45) is 17.3 Å². The van der Waals surface area contributed by atoms with Gasteiger partial charge in [-0.05, 0) is 91.6 Å². The molecule has 0 amide bonds. The summed E-state index contributed by atoms with van der Waals surface area (Å²) in [5, 5.41) is 0. The van der Waals surface area contributed by atoms with Gasteiger partial charge in [-0.15, -0.1) is 0 Å². The fourth-order valence-electron chi connectivity index (χ4n) is 7.67. The zero-order valence-corrected chi connectivity index (χ0v) is 31.7. The summed E-state index contributed by atoms with van der Waals surface area (Å²) >= 11 is 0. The van der Waals surface area contributed by atoms with Crippen LogP contribution in [0.4, 0.5) is 0 Å². The molecule has 0 radical (unpaired) electrons. The lowest BCUT2D eigenvalue weighted by molar-refractivity contribution is -0.107. The predicted molar refractivity (Wildman–Crippen MR) is 189 cm³/mol. The maximum absolute atomic E-state index is 6.37. The number of rotatable bonds is 11. The summed E-state index contributed by atoms with van der Waals surface area (Å²) in [7, 11) is 0. The van der Waals surface area contributed by atoms with Crippen molar-refractivity contribution in [3.8, 4) is 5.88 Å². The Kier molecular flexibility index (Phi) is 12.3. The van der Waals surface area contributed by atoms with E-state index in [0.717, 1.165) is 51.0 Å². The van der Waals surface area contributed by atoms with Crippen molar-refractivity contribution in [1.82, 2.24) is 24.7 Å². The minimum Gasteiger partial charge on any atom is -0.476 e. The summed E-state index contributed by atoms with van der Waals surface area (Å²) in [6, 6.07) is 1.50. The molecular formula is C38H69N5O3. The SMILES string of the molecule is CC(C)(C)OCCN1CCC(N2CCC(C(C)(C)C)CC2)CC1C1C(COc2cnc(C(C)(C)C)cn2)CN1CCOC(C)(C)C. The van der Waals surface area contributed by atoms with Crippen LogP contribution in [0.5, 0.6) is 5.88 Å². The first kappa shape index (κ1) is 37.5. The number of hydrogen-bond donors (Lipinski definition) is 0. The van der Waals surface area contributed by atoms with Crippen molar-refractivity contribution < 1.29 is 14.2 Å². The topological polar surface area (TPSA) is 63.2 Å². The Labute approximate surface area is 282 Å². The van der Waals surface area contributed by atoms with Crippen molar-refractivity contribution in [1.29, 1.82) is 0 Å². The first-order chi connectivity index (χ1) is 21.3. The van der Waals surface area contributed by atoms with Gasteiger partial charge < -0.3 is 19.1 Å². The average Bonchev–Trinajstić information content (AvgIpc) is 2.93. The maximum Gasteiger partial charge on any atom is 0.232 e. The molecule has 1 aromatic heterocycles. The van der Waals surface area contributed by atoms with E-state index in [4.69, 9.17) is 14.2 Å². The number of piperidine rings is 2. The van der Waals surface area contributed by atoms with E-state index >= 15 is 0 Å². The smallest absolute Gasteiger partial charge is 0.232 e. The summed E-state index contributed by atoms with van der Waals surface area (Å²) in [5.41, 5.74) is 1.10. The Morgan fingerprint density at radius 2 is 1.35 bits per heavy atom. The third-order valence-electron chi connectivity index (χ3n) is 10.4. The fraction of sp³-hybridized carbons (Fsp3) is 0.895. The molecule has 0 aromatic carbocycles. The lowest BCUT2D eigenvalue weighted by Crippen LogP contribution is -2.69. The highest BCUT2D eigenvalue weighted by atomic mass is 16.5. The van der Waals surface area contributed by atoms with Gasteiger partial charge in [-0.2, -0.15) is 0 Å². The largest absolute Gasteiger partial charge is 0.476 e. The number of nitrogens with zero attached hydrogens (tertiary/aromatic N) is 5. The van der Waals surface area contributed by atoms with E-state index in [1.807, 2.05) is 6.20 Å². The zero-order chi connectivity index (χ0) is 33.9. The molecule has 8 nitrogen and oxygen atoms in total. The second-order valence-electron chi connectivity index (χ2n) is 18.4. The molecule has 1 aromatic rings. The molecule has 0 spiro atoms. The fourth-order valence-corrected chi connectivity index (χ4v) is 7.67. The van der Waals surface area contributed by atoms with Crippen LogP contribution in [0.1, 0.15) is 114 Å². The molecule has 4 atom stereocenters. The van der Waals surface area contributed by atoms with E-state index < -0.39 is 0 Å². The Hall–Kier alpha value is -1.32. The highest BCUT2D eigenvalue weighted by Crippen LogP contribution is 2.39. The van der Waals surface area contributed by atoms with Crippen molar-refractivity contribution in [2.75, 3.05) is 59.1 Å². The Morgan fingerprint density at radius 1 is 0.739 bits per heavy atom. The quantitative estimate of drug-likeness (QED) is 0.265. The molecule has 0 saturated carbocycles. The molecule has 3 aliphatic rings. The number of hydrogen-bond acceptors (Lipinski definition) is 8. The van der Waals surface area contributed by atoms with Gasteiger partial charge in [0.25, 0.3) is 0 Å². The van der Waals surface area contributed by atoms with Gasteiger partial charge in [0.15, 0.2) is 0 Å². The van der Waals surface area contributed by atoms with Crippen LogP contribution < -0.4 is 4.74 Å². The van der Waals surface area contributed by atoms with E-state index in [9.17, 15) is 0 Å². The van der Waals surface area contributed by atoms with Crippen LogP contribution in [0.15, 0.2) is 12.4 Å². The molecule has 0 N–H and O–H groups in total. The first-order valence-corrected chi connectivity index (χ1v) is 18.3. The Bertz CT molecular complexity index is 1060. The van der Waals surface area contributed by atoms with E-state index in [0.29, 0.717) is 41.9 Å². The van der Waals surface area contributed by atoms with Gasteiger partial charge in [0, 0.05) is 55.6 Å². The van der Waals surface area contributed by atoms with Crippen LogP contribution in [-0.2, 0) is 14.9 Å². The lowest BCUT2D eigenvalue weighted by Gasteiger charge is -2.57. The van der Waals surface area contributed by atoms with Gasteiger partial charge in [-0.25, -0.2) is 4.98 Å². The molecule has 0 bridgehead atoms. The molecule has 46 heavy (non-hydrogen) atoms. The third-order valence-corrected chi connectivity index (χ3v) is 10.4. The van der Waals surface area contributed by atoms with Gasteiger partial charge in [0.05, 0.1) is 49.1 Å². The lowest BCUT2D eigenvalue weighted by atomic mass is 9.74. The van der Waals surface area contributed by atoms with Crippen LogP contribution >= 0.6 is 0 Å². The maximum atomic E-state index is 6.37. The molecule has 4 heterocycles. The van der Waals surface area contributed by atoms with Gasteiger partial charge in [0.1, 0.15) is 0 Å². The molecule has 4 unspecified atom stereocenters. The second-order valence-corrected chi connectivity index (χ2v) is 18.4.